The molecule has 0 heterocycles. The van der Waals surface area contributed by atoms with E-state index in [9.17, 15) is 9.59 Å². The van der Waals surface area contributed by atoms with E-state index in [0.717, 1.165) is 35.1 Å². The van der Waals surface area contributed by atoms with E-state index < -0.39 is 11.9 Å². The lowest BCUT2D eigenvalue weighted by Gasteiger charge is -2.17. The first-order valence-electron chi connectivity index (χ1n) is 10.4. The monoisotopic (exact) mass is 414 g/mol. The molecule has 0 aliphatic rings. The molecule has 0 aliphatic carbocycles. The molecule has 2 N–H and O–H groups in total. The third-order valence-electron chi connectivity index (χ3n) is 4.56. The maximum Gasteiger partial charge on any atom is 0.303 e. The second-order valence-corrected chi connectivity index (χ2v) is 7.15. The fourth-order valence-electron chi connectivity index (χ4n) is 3.06. The van der Waals surface area contributed by atoms with Crippen LogP contribution in [0.4, 0.5) is 0 Å². The van der Waals surface area contributed by atoms with Crippen LogP contribution in [-0.2, 0) is 22.4 Å². The van der Waals surface area contributed by atoms with Gasteiger partial charge in [0, 0.05) is 24.0 Å². The second kappa shape index (κ2) is 11.9. The zero-order valence-corrected chi connectivity index (χ0v) is 17.6. The molecule has 30 heavy (non-hydrogen) atoms. The van der Waals surface area contributed by atoms with Gasteiger partial charge in [-0.1, -0.05) is 26.0 Å². The first-order valence-corrected chi connectivity index (χ1v) is 10.4. The number of aliphatic carboxylic acids is 2. The van der Waals surface area contributed by atoms with Gasteiger partial charge in [0.15, 0.2) is 0 Å². The van der Waals surface area contributed by atoms with Gasteiger partial charge in [0.05, 0.1) is 13.2 Å². The van der Waals surface area contributed by atoms with Crippen LogP contribution < -0.4 is 9.47 Å². The van der Waals surface area contributed by atoms with Crippen molar-refractivity contribution in [1.82, 2.24) is 0 Å². The summed E-state index contributed by atoms with van der Waals surface area (Å²) in [4.78, 5) is 22.0. The third kappa shape index (κ3) is 7.10. The smallest absolute Gasteiger partial charge is 0.303 e. The van der Waals surface area contributed by atoms with E-state index >= 15 is 0 Å². The number of benzene rings is 2. The van der Waals surface area contributed by atoms with Gasteiger partial charge >= 0.3 is 11.9 Å². The highest BCUT2D eigenvalue weighted by molar-refractivity contribution is 5.77. The number of ether oxygens (including phenoxy) is 2. The number of hydrogen-bond acceptors (Lipinski definition) is 4. The summed E-state index contributed by atoms with van der Waals surface area (Å²) in [5.74, 6) is -0.281. The summed E-state index contributed by atoms with van der Waals surface area (Å²) in [5, 5.41) is 18.0. The van der Waals surface area contributed by atoms with E-state index in [0.29, 0.717) is 37.6 Å². The molecule has 6 heteroatoms. The molecule has 0 amide bonds. The molecule has 0 aliphatic heterocycles. The zero-order chi connectivity index (χ0) is 21.9. The molecule has 0 saturated carbocycles. The van der Waals surface area contributed by atoms with Gasteiger partial charge in [-0.15, -0.1) is 0 Å². The Bertz CT molecular complexity index is 787. The van der Waals surface area contributed by atoms with Gasteiger partial charge in [-0.3, -0.25) is 9.59 Å². The minimum atomic E-state index is -0.842. The molecule has 2 aromatic rings. The fraction of sp³-hybridized carbons (Fsp3) is 0.417. The number of carboxylic acids is 2. The fourth-order valence-corrected chi connectivity index (χ4v) is 3.06. The van der Waals surface area contributed by atoms with Gasteiger partial charge in [-0.25, -0.2) is 0 Å². The quantitative estimate of drug-likeness (QED) is 0.481. The average molecular weight is 414 g/mol. The number of carboxylic acid groups (broad SMARTS) is 2. The molecular formula is C24H30O6. The van der Waals surface area contributed by atoms with E-state index in [-0.39, 0.29) is 12.8 Å². The van der Waals surface area contributed by atoms with Crippen molar-refractivity contribution in [1.29, 1.82) is 0 Å². The first kappa shape index (κ1) is 23.3. The second-order valence-electron chi connectivity index (χ2n) is 7.15. The number of aryl methyl sites for hydroxylation is 2. The summed E-state index contributed by atoms with van der Waals surface area (Å²) in [6, 6.07) is 11.4. The van der Waals surface area contributed by atoms with Gasteiger partial charge < -0.3 is 19.7 Å². The Labute approximate surface area is 177 Å². The molecule has 0 radical (unpaired) electrons. The Morgan fingerprint density at radius 2 is 1.13 bits per heavy atom. The lowest BCUT2D eigenvalue weighted by Crippen LogP contribution is -2.03. The van der Waals surface area contributed by atoms with Gasteiger partial charge in [0.2, 0.25) is 0 Å². The van der Waals surface area contributed by atoms with Crippen molar-refractivity contribution in [2.75, 3.05) is 13.2 Å². The summed E-state index contributed by atoms with van der Waals surface area (Å²) in [6.07, 6.45) is 2.65. The van der Waals surface area contributed by atoms with Crippen molar-refractivity contribution >= 4 is 11.9 Å². The van der Waals surface area contributed by atoms with Crippen LogP contribution >= 0.6 is 0 Å². The van der Waals surface area contributed by atoms with Crippen molar-refractivity contribution < 1.29 is 29.3 Å². The van der Waals surface area contributed by atoms with Crippen molar-refractivity contribution in [2.24, 2.45) is 0 Å². The number of hydrogen-bond donors (Lipinski definition) is 2. The van der Waals surface area contributed by atoms with Gasteiger partial charge in [-0.05, 0) is 61.1 Å². The van der Waals surface area contributed by atoms with Crippen molar-refractivity contribution in [3.8, 4) is 22.6 Å². The Morgan fingerprint density at radius 1 is 0.733 bits per heavy atom. The lowest BCUT2D eigenvalue weighted by molar-refractivity contribution is -0.138. The van der Waals surface area contributed by atoms with Crippen molar-refractivity contribution in [3.05, 3.63) is 47.5 Å². The standard InChI is InChI=1S/C24H30O6/c1-3-13-29-21-9-5-17(7-11-23(25)26)15-19(21)20-16-18(8-12-24(27)28)6-10-22(20)30-14-4-2/h5-6,9-10,15-16H,3-4,7-8,11-14H2,1-2H3,(H,25,26)(H,27,28). The Kier molecular flexibility index (Phi) is 9.19. The van der Waals surface area contributed by atoms with Crippen LogP contribution in [0.25, 0.3) is 11.1 Å². The van der Waals surface area contributed by atoms with Gasteiger partial charge in [0.1, 0.15) is 11.5 Å². The number of carbonyl (C=O) groups is 2. The normalized spacial score (nSPS) is 10.6. The van der Waals surface area contributed by atoms with E-state index in [4.69, 9.17) is 19.7 Å². The van der Waals surface area contributed by atoms with E-state index in [1.165, 1.54) is 0 Å². The van der Waals surface area contributed by atoms with Crippen LogP contribution in [0.3, 0.4) is 0 Å². The minimum absolute atomic E-state index is 0.0481. The molecule has 0 fully saturated rings. The molecule has 0 aromatic heterocycles. The van der Waals surface area contributed by atoms with Crippen molar-refractivity contribution in [2.45, 2.75) is 52.4 Å². The summed E-state index contributed by atoms with van der Waals surface area (Å²) in [6.45, 7) is 5.18. The highest BCUT2D eigenvalue weighted by atomic mass is 16.5. The molecule has 6 nitrogen and oxygen atoms in total. The predicted octanol–water partition coefficient (Wildman–Crippen LogP) is 4.97. The summed E-state index contributed by atoms with van der Waals surface area (Å²) in [5.41, 5.74) is 3.45. The molecule has 2 rings (SSSR count). The molecule has 162 valence electrons. The van der Waals surface area contributed by atoms with Crippen LogP contribution in [0.2, 0.25) is 0 Å². The molecule has 0 unspecified atom stereocenters. The third-order valence-corrected chi connectivity index (χ3v) is 4.56. The van der Waals surface area contributed by atoms with Gasteiger partial charge in [0.25, 0.3) is 0 Å². The molecule has 0 spiro atoms. The minimum Gasteiger partial charge on any atom is -0.493 e. The maximum absolute atomic E-state index is 11.0. The van der Waals surface area contributed by atoms with Crippen LogP contribution in [0.5, 0.6) is 11.5 Å². The maximum atomic E-state index is 11.0. The zero-order valence-electron chi connectivity index (χ0n) is 17.6. The molecule has 2 aromatic carbocycles. The van der Waals surface area contributed by atoms with E-state index in [2.05, 4.69) is 0 Å². The molecule has 0 bridgehead atoms. The predicted molar refractivity (Wildman–Crippen MR) is 115 cm³/mol. The molecule has 0 saturated heterocycles. The highest BCUT2D eigenvalue weighted by Crippen LogP contribution is 2.38. The topological polar surface area (TPSA) is 93.1 Å². The first-order chi connectivity index (χ1) is 14.4. The SMILES string of the molecule is CCCOc1ccc(CCC(=O)O)cc1-c1cc(CCC(=O)O)ccc1OCCC. The Morgan fingerprint density at radius 3 is 1.47 bits per heavy atom. The molecular weight excluding hydrogens is 384 g/mol. The number of rotatable bonds is 13. The average Bonchev–Trinajstić information content (AvgIpc) is 2.73. The van der Waals surface area contributed by atoms with Crippen LogP contribution in [0.1, 0.15) is 50.7 Å². The van der Waals surface area contributed by atoms with Crippen LogP contribution in [-0.4, -0.2) is 35.4 Å². The van der Waals surface area contributed by atoms with Crippen LogP contribution in [0, 0.1) is 0 Å². The summed E-state index contributed by atoms with van der Waals surface area (Å²) >= 11 is 0. The Hall–Kier alpha value is -3.02. The highest BCUT2D eigenvalue weighted by Gasteiger charge is 2.15. The van der Waals surface area contributed by atoms with Gasteiger partial charge in [-0.2, -0.15) is 0 Å². The van der Waals surface area contributed by atoms with Crippen molar-refractivity contribution in [3.63, 3.8) is 0 Å². The van der Waals surface area contributed by atoms with E-state index in [1.807, 2.05) is 50.2 Å². The summed E-state index contributed by atoms with van der Waals surface area (Å²) < 4.78 is 11.9. The summed E-state index contributed by atoms with van der Waals surface area (Å²) in [7, 11) is 0. The van der Waals surface area contributed by atoms with E-state index in [1.54, 1.807) is 0 Å². The largest absolute Gasteiger partial charge is 0.493 e. The molecule has 0 atom stereocenters. The lowest BCUT2D eigenvalue weighted by atomic mass is 9.96. The Balaban J connectivity index is 2.51. The van der Waals surface area contributed by atoms with Crippen LogP contribution in [0.15, 0.2) is 36.4 Å².